The van der Waals surface area contributed by atoms with Gasteiger partial charge in [0.1, 0.15) is 19.3 Å². The van der Waals surface area contributed by atoms with Crippen LogP contribution >= 0.6 is 15.6 Å². The maximum atomic E-state index is 13.1. The van der Waals surface area contributed by atoms with E-state index < -0.39 is 97.5 Å². The van der Waals surface area contributed by atoms with Crippen molar-refractivity contribution in [2.24, 2.45) is 0 Å². The summed E-state index contributed by atoms with van der Waals surface area (Å²) in [6, 6.07) is 0. The van der Waals surface area contributed by atoms with Crippen molar-refractivity contribution in [3.63, 3.8) is 0 Å². The van der Waals surface area contributed by atoms with Gasteiger partial charge in [-0.25, -0.2) is 9.13 Å². The Labute approximate surface area is 595 Å². The third kappa shape index (κ3) is 70.4. The zero-order valence-electron chi connectivity index (χ0n) is 61.7. The Morgan fingerprint density at radius 2 is 0.571 bits per heavy atom. The maximum Gasteiger partial charge on any atom is 0.472 e. The Kier molecular flexibility index (Phi) is 68.4. The third-order valence-electron chi connectivity index (χ3n) is 16.1. The summed E-state index contributed by atoms with van der Waals surface area (Å²) in [5.74, 6) is -2.32. The van der Waals surface area contributed by atoms with Crippen molar-refractivity contribution < 1.29 is 80.2 Å². The lowest BCUT2D eigenvalue weighted by atomic mass is 10.0. The number of carbonyl (C=O) groups excluding carboxylic acids is 4. The van der Waals surface area contributed by atoms with Crippen molar-refractivity contribution in [1.29, 1.82) is 0 Å². The average molecular weight is 1420 g/mol. The number of esters is 4. The van der Waals surface area contributed by atoms with Crippen LogP contribution in [0.5, 0.6) is 0 Å². The summed E-state index contributed by atoms with van der Waals surface area (Å²) in [7, 11) is -9.97. The summed E-state index contributed by atoms with van der Waals surface area (Å²) in [4.78, 5) is 72.8. The lowest BCUT2D eigenvalue weighted by Gasteiger charge is -2.21. The van der Waals surface area contributed by atoms with Crippen LogP contribution in [0, 0.1) is 0 Å². The minimum absolute atomic E-state index is 0.0560. The number of ether oxygens (including phenoxy) is 4. The highest BCUT2D eigenvalue weighted by Gasteiger charge is 2.30. The molecular weight excluding hydrogens is 1280 g/mol. The van der Waals surface area contributed by atoms with Crippen LogP contribution in [0.15, 0.2) is 97.2 Å². The van der Waals surface area contributed by atoms with Crippen LogP contribution in [-0.4, -0.2) is 96.7 Å². The Morgan fingerprint density at radius 3 is 0.908 bits per heavy atom. The minimum atomic E-state index is -5.00. The first kappa shape index (κ1) is 94.0. The van der Waals surface area contributed by atoms with Crippen LogP contribution in [0.25, 0.3) is 0 Å². The van der Waals surface area contributed by atoms with Gasteiger partial charge < -0.3 is 33.8 Å². The first-order valence-electron chi connectivity index (χ1n) is 38.5. The van der Waals surface area contributed by atoms with E-state index >= 15 is 0 Å². The molecule has 0 radical (unpaired) electrons. The van der Waals surface area contributed by atoms with Gasteiger partial charge in [-0.2, -0.15) is 0 Å². The Morgan fingerprint density at radius 1 is 0.306 bits per heavy atom. The molecule has 98 heavy (non-hydrogen) atoms. The van der Waals surface area contributed by atoms with Crippen molar-refractivity contribution in [2.45, 2.75) is 341 Å². The molecule has 0 bridgehead atoms. The standard InChI is InChI=1S/C79H138O17P2/c1-5-9-13-17-21-25-29-33-36-40-43-47-51-55-59-63-76(81)89-69-74(95-78(83)65-61-57-53-49-45-39-32-28-24-20-16-12-8-4)71-93-97(85,86)91-67-73(80)68-92-98(87,88)94-72-75(96-79(84)66-62-58-54-50-46-42-38-35-31-27-23-19-15-11-7-3)70-90-77(82)64-60-56-52-48-44-41-37-34-30-26-22-18-14-10-6-2/h10-11,14-15,22-23,26-27,34-35,37-38,44,48,56,60,73-75,80H,5-9,12-13,16-21,24-25,28-33,36,39-43,45-47,49-55,57-59,61-72H2,1-4H3,(H,85,86)(H,87,88)/b14-10-,15-11-,26-22-,27-23-,37-34-,38-35-,48-44-,60-56-. The third-order valence-corrected chi connectivity index (χ3v) is 18.0. The molecule has 0 saturated heterocycles. The average Bonchev–Trinajstić information content (AvgIpc) is 1.04. The lowest BCUT2D eigenvalue weighted by Crippen LogP contribution is -2.30. The molecule has 0 aromatic carbocycles. The number of carbonyl (C=O) groups is 4. The monoisotopic (exact) mass is 1420 g/mol. The fraction of sp³-hybridized carbons (Fsp3) is 0.747. The molecular formula is C79H138O17P2. The van der Waals surface area contributed by atoms with E-state index in [2.05, 4.69) is 101 Å². The quantitative estimate of drug-likeness (QED) is 0.0169. The molecule has 0 aliphatic carbocycles. The van der Waals surface area contributed by atoms with Crippen molar-refractivity contribution in [2.75, 3.05) is 39.6 Å². The highest BCUT2D eigenvalue weighted by atomic mass is 31.2. The van der Waals surface area contributed by atoms with Gasteiger partial charge in [0.2, 0.25) is 0 Å². The number of hydrogen-bond acceptors (Lipinski definition) is 15. The smallest absolute Gasteiger partial charge is 0.462 e. The van der Waals surface area contributed by atoms with Gasteiger partial charge in [-0.05, 0) is 83.5 Å². The summed E-state index contributed by atoms with van der Waals surface area (Å²) in [5, 5.41) is 10.6. The van der Waals surface area contributed by atoms with Crippen molar-refractivity contribution in [3.8, 4) is 0 Å². The van der Waals surface area contributed by atoms with Crippen molar-refractivity contribution in [1.82, 2.24) is 0 Å². The van der Waals surface area contributed by atoms with Crippen molar-refractivity contribution >= 4 is 39.5 Å². The van der Waals surface area contributed by atoms with E-state index in [1.54, 1.807) is 6.08 Å². The molecule has 0 fully saturated rings. The van der Waals surface area contributed by atoms with Gasteiger partial charge in [-0.3, -0.25) is 37.3 Å². The number of unbranched alkanes of at least 4 members (excludes halogenated alkanes) is 31. The molecule has 0 heterocycles. The van der Waals surface area contributed by atoms with Crippen LogP contribution in [-0.2, 0) is 65.4 Å². The molecule has 0 aliphatic rings. The van der Waals surface area contributed by atoms with E-state index in [-0.39, 0.29) is 25.7 Å². The number of phosphoric ester groups is 2. The molecule has 0 aliphatic heterocycles. The highest BCUT2D eigenvalue weighted by Crippen LogP contribution is 2.45. The van der Waals surface area contributed by atoms with E-state index in [0.717, 1.165) is 122 Å². The topological polar surface area (TPSA) is 237 Å². The summed E-state index contributed by atoms with van der Waals surface area (Å²) in [6.45, 7) is 4.55. The van der Waals surface area contributed by atoms with Gasteiger partial charge in [-0.1, -0.05) is 311 Å². The molecule has 0 aromatic rings. The second kappa shape index (κ2) is 71.4. The number of phosphoric acid groups is 2. The predicted molar refractivity (Wildman–Crippen MR) is 399 cm³/mol. The van der Waals surface area contributed by atoms with E-state index in [1.165, 1.54) is 122 Å². The highest BCUT2D eigenvalue weighted by molar-refractivity contribution is 7.47. The lowest BCUT2D eigenvalue weighted by molar-refractivity contribution is -0.161. The Bertz CT molecular complexity index is 2240. The molecule has 3 N–H and O–H groups in total. The molecule has 0 saturated carbocycles. The zero-order chi connectivity index (χ0) is 71.8. The normalized spacial score (nSPS) is 14.5. The van der Waals surface area contributed by atoms with Crippen molar-refractivity contribution in [3.05, 3.63) is 97.2 Å². The Hall–Kier alpha value is -4.02. The number of rotatable bonds is 72. The van der Waals surface area contributed by atoms with E-state index in [1.807, 2.05) is 18.2 Å². The molecule has 5 atom stereocenters. The first-order chi connectivity index (χ1) is 47.7. The van der Waals surface area contributed by atoms with Gasteiger partial charge in [0, 0.05) is 19.3 Å². The second-order valence-electron chi connectivity index (χ2n) is 25.6. The second-order valence-corrected chi connectivity index (χ2v) is 28.5. The van der Waals surface area contributed by atoms with Crippen LogP contribution in [0.4, 0.5) is 0 Å². The van der Waals surface area contributed by atoms with Gasteiger partial charge >= 0.3 is 39.5 Å². The zero-order valence-corrected chi connectivity index (χ0v) is 63.5. The number of allylic oxidation sites excluding steroid dienone is 15. The fourth-order valence-electron chi connectivity index (χ4n) is 10.3. The predicted octanol–water partition coefficient (Wildman–Crippen LogP) is 22.0. The van der Waals surface area contributed by atoms with Gasteiger partial charge in [0.25, 0.3) is 0 Å². The molecule has 0 spiro atoms. The van der Waals surface area contributed by atoms with E-state index in [0.29, 0.717) is 25.7 Å². The fourth-order valence-corrected chi connectivity index (χ4v) is 11.9. The summed E-state index contributed by atoms with van der Waals surface area (Å²) in [5.41, 5.74) is 0. The van der Waals surface area contributed by atoms with E-state index in [9.17, 15) is 43.2 Å². The minimum Gasteiger partial charge on any atom is -0.462 e. The van der Waals surface area contributed by atoms with Crippen LogP contribution in [0.3, 0.4) is 0 Å². The van der Waals surface area contributed by atoms with Gasteiger partial charge in [0.15, 0.2) is 12.2 Å². The largest absolute Gasteiger partial charge is 0.472 e. The molecule has 19 heteroatoms. The van der Waals surface area contributed by atoms with Crippen LogP contribution in [0.2, 0.25) is 0 Å². The van der Waals surface area contributed by atoms with Crippen LogP contribution < -0.4 is 0 Å². The molecule has 566 valence electrons. The number of aliphatic hydroxyl groups excluding tert-OH is 1. The van der Waals surface area contributed by atoms with Gasteiger partial charge in [-0.15, -0.1) is 0 Å². The van der Waals surface area contributed by atoms with Gasteiger partial charge in [0.05, 0.1) is 32.8 Å². The summed E-state index contributed by atoms with van der Waals surface area (Å²) < 4.78 is 68.4. The molecule has 0 aromatic heterocycles. The number of hydrogen-bond donors (Lipinski definition) is 3. The van der Waals surface area contributed by atoms with E-state index in [4.69, 9.17) is 37.0 Å². The first-order valence-corrected chi connectivity index (χ1v) is 41.5. The molecule has 5 unspecified atom stereocenters. The number of aliphatic hydroxyl groups is 1. The Balaban J connectivity index is 5.40. The summed E-state index contributed by atoms with van der Waals surface area (Å²) >= 11 is 0. The SMILES string of the molecule is CC/C=C\C/C=C\C/C=C\C/C=C\C/C=C\CC(=O)OCC(COP(=O)(O)OCC(O)COP(=O)(O)OCC(COC(=O)CCCCCCCCCCCCCCCCC)OC(=O)CCCCCCCCCCCCCCC)OC(=O)CCCCCCC/C=C\C/C=C\C/C=C\CC. The summed E-state index contributed by atoms with van der Waals surface area (Å²) in [6.07, 6.45) is 74.3. The van der Waals surface area contributed by atoms with Crippen LogP contribution in [0.1, 0.15) is 323 Å². The maximum absolute atomic E-state index is 13.1. The molecule has 0 rings (SSSR count). The molecule has 17 nitrogen and oxygen atoms in total. The molecule has 0 amide bonds.